The van der Waals surface area contributed by atoms with E-state index in [0.717, 1.165) is 25.7 Å². The Morgan fingerprint density at radius 1 is 0.857 bits per heavy atom. The molecule has 0 bridgehead atoms. The molecule has 0 radical (unpaired) electrons. The Bertz CT molecular complexity index is 248. The minimum atomic E-state index is -4.00. The summed E-state index contributed by atoms with van der Waals surface area (Å²) in [5.74, 6) is 0. The van der Waals surface area contributed by atoms with Crippen LogP contribution in [0.5, 0.6) is 0 Å². The van der Waals surface area contributed by atoms with Crippen molar-refractivity contribution in [2.75, 3.05) is 39.9 Å². The van der Waals surface area contributed by atoms with Crippen LogP contribution in [-0.4, -0.2) is 44.4 Å². The quantitative estimate of drug-likeness (QED) is 0.331. The van der Waals surface area contributed by atoms with Crippen molar-refractivity contribution in [3.8, 4) is 0 Å². The molecule has 0 aliphatic rings. The van der Waals surface area contributed by atoms with Gasteiger partial charge in [0.05, 0.1) is 39.9 Å². The molecule has 0 amide bonds. The third-order valence-corrected chi connectivity index (χ3v) is 4.78. The van der Waals surface area contributed by atoms with E-state index in [-0.39, 0.29) is 13.2 Å². The molecular formula is C15H36NO4P. The lowest BCUT2D eigenvalue weighted by Gasteiger charge is -2.30. The molecule has 0 N–H and O–H groups in total. The summed E-state index contributed by atoms with van der Waals surface area (Å²) in [7, 11) is -1.71. The van der Waals surface area contributed by atoms with E-state index in [1.54, 1.807) is 0 Å². The lowest BCUT2D eigenvalue weighted by Crippen LogP contribution is -2.42. The first-order valence-corrected chi connectivity index (χ1v) is 9.70. The summed E-state index contributed by atoms with van der Waals surface area (Å²) in [6, 6.07) is 0. The van der Waals surface area contributed by atoms with Crippen LogP contribution >= 0.6 is 7.82 Å². The SMILES string of the molecule is CCCCOP(=O)([O-])OCCCC.CC[N+](C)(CC)CC. The molecule has 130 valence electrons. The predicted octanol–water partition coefficient (Wildman–Crippen LogP) is 3.58. The molecule has 0 saturated heterocycles. The van der Waals surface area contributed by atoms with Crippen molar-refractivity contribution in [3.05, 3.63) is 0 Å². The monoisotopic (exact) mass is 325 g/mol. The first-order valence-electron chi connectivity index (χ1n) is 8.24. The zero-order valence-electron chi connectivity index (χ0n) is 14.9. The van der Waals surface area contributed by atoms with Gasteiger partial charge in [-0.25, -0.2) is 0 Å². The number of hydrogen-bond donors (Lipinski definition) is 0. The van der Waals surface area contributed by atoms with Crippen LogP contribution < -0.4 is 4.89 Å². The number of nitrogens with zero attached hydrogens (tertiary/aromatic N) is 1. The van der Waals surface area contributed by atoms with Crippen molar-refractivity contribution in [1.29, 1.82) is 0 Å². The maximum Gasteiger partial charge on any atom is 0.267 e. The standard InChI is InChI=1S/C8H19O4P.C7H18N/c1-3-5-7-11-13(9,10)12-8-6-4-2;1-5-8(4,6-2)7-3/h3-8H2,1-2H3,(H,9,10);5-7H2,1-4H3/q;+1/p-1. The maximum atomic E-state index is 11.0. The van der Waals surface area contributed by atoms with Crippen molar-refractivity contribution in [2.24, 2.45) is 0 Å². The van der Waals surface area contributed by atoms with E-state index in [4.69, 9.17) is 0 Å². The van der Waals surface area contributed by atoms with Gasteiger partial charge in [-0.05, 0) is 33.6 Å². The molecule has 0 aromatic carbocycles. The highest BCUT2D eigenvalue weighted by molar-refractivity contribution is 7.45. The Labute approximate surface area is 131 Å². The molecule has 0 heterocycles. The number of quaternary nitrogens is 1. The molecule has 21 heavy (non-hydrogen) atoms. The van der Waals surface area contributed by atoms with Gasteiger partial charge in [-0.2, -0.15) is 0 Å². The molecule has 0 atom stereocenters. The molecule has 0 saturated carbocycles. The van der Waals surface area contributed by atoms with E-state index in [0.29, 0.717) is 0 Å². The summed E-state index contributed by atoms with van der Waals surface area (Å²) < 4.78 is 21.4. The highest BCUT2D eigenvalue weighted by Gasteiger charge is 2.10. The van der Waals surface area contributed by atoms with Gasteiger partial charge in [-0.15, -0.1) is 0 Å². The second kappa shape index (κ2) is 13.7. The summed E-state index contributed by atoms with van der Waals surface area (Å²) in [5, 5.41) is 0. The van der Waals surface area contributed by atoms with Gasteiger partial charge in [0.2, 0.25) is 0 Å². The molecule has 0 aliphatic heterocycles. The smallest absolute Gasteiger partial charge is 0.267 e. The minimum Gasteiger partial charge on any atom is -0.756 e. The molecule has 0 spiro atoms. The highest BCUT2D eigenvalue weighted by Crippen LogP contribution is 2.38. The van der Waals surface area contributed by atoms with Gasteiger partial charge < -0.3 is 18.4 Å². The fraction of sp³-hybridized carbons (Fsp3) is 1.00. The fourth-order valence-electron chi connectivity index (χ4n) is 1.35. The lowest BCUT2D eigenvalue weighted by molar-refractivity contribution is -0.904. The zero-order valence-corrected chi connectivity index (χ0v) is 15.8. The Morgan fingerprint density at radius 3 is 1.38 bits per heavy atom. The molecule has 0 aliphatic carbocycles. The topological polar surface area (TPSA) is 58.6 Å². The van der Waals surface area contributed by atoms with Gasteiger partial charge in [0.1, 0.15) is 0 Å². The molecular weight excluding hydrogens is 289 g/mol. The third kappa shape index (κ3) is 14.8. The summed E-state index contributed by atoms with van der Waals surface area (Å²) in [5.41, 5.74) is 0. The predicted molar refractivity (Wildman–Crippen MR) is 87.1 cm³/mol. The van der Waals surface area contributed by atoms with Gasteiger partial charge in [-0.3, -0.25) is 4.57 Å². The molecule has 0 aromatic heterocycles. The lowest BCUT2D eigenvalue weighted by atomic mass is 10.4. The Hall–Kier alpha value is 0.0700. The van der Waals surface area contributed by atoms with Crippen LogP contribution in [0, 0.1) is 0 Å². The second-order valence-corrected chi connectivity index (χ2v) is 6.80. The average Bonchev–Trinajstić information content (AvgIpc) is 2.47. The van der Waals surface area contributed by atoms with E-state index in [2.05, 4.69) is 36.9 Å². The molecule has 0 aromatic rings. The van der Waals surface area contributed by atoms with Crippen molar-refractivity contribution < 1.29 is 23.0 Å². The van der Waals surface area contributed by atoms with Crippen molar-refractivity contribution in [1.82, 2.24) is 0 Å². The van der Waals surface area contributed by atoms with E-state index >= 15 is 0 Å². The summed E-state index contributed by atoms with van der Waals surface area (Å²) in [6.45, 7) is 14.9. The average molecular weight is 325 g/mol. The van der Waals surface area contributed by atoms with E-state index in [1.807, 2.05) is 13.8 Å². The van der Waals surface area contributed by atoms with E-state index in [1.165, 1.54) is 24.1 Å². The number of phosphoric ester groups is 1. The summed E-state index contributed by atoms with van der Waals surface area (Å²) in [4.78, 5) is 11.0. The summed E-state index contributed by atoms with van der Waals surface area (Å²) >= 11 is 0. The van der Waals surface area contributed by atoms with Crippen molar-refractivity contribution in [3.63, 3.8) is 0 Å². The Kier molecular flexibility index (Phi) is 15.2. The van der Waals surface area contributed by atoms with Crippen LogP contribution in [0.2, 0.25) is 0 Å². The largest absolute Gasteiger partial charge is 0.756 e. The maximum absolute atomic E-state index is 11.0. The van der Waals surface area contributed by atoms with Gasteiger partial charge in [-0.1, -0.05) is 26.7 Å². The highest BCUT2D eigenvalue weighted by atomic mass is 31.2. The Balaban J connectivity index is 0. The van der Waals surface area contributed by atoms with E-state index < -0.39 is 7.82 Å². The fourth-order valence-corrected chi connectivity index (χ4v) is 2.13. The molecule has 0 fully saturated rings. The minimum absolute atomic E-state index is 0.226. The summed E-state index contributed by atoms with van der Waals surface area (Å²) in [6.07, 6.45) is 3.30. The van der Waals surface area contributed by atoms with Gasteiger partial charge in [0, 0.05) is 0 Å². The number of rotatable bonds is 11. The normalized spacial score (nSPS) is 12.0. The van der Waals surface area contributed by atoms with Crippen LogP contribution in [-0.2, 0) is 13.6 Å². The number of hydrogen-bond acceptors (Lipinski definition) is 4. The van der Waals surface area contributed by atoms with E-state index in [9.17, 15) is 9.46 Å². The van der Waals surface area contributed by atoms with Crippen LogP contribution in [0.15, 0.2) is 0 Å². The van der Waals surface area contributed by atoms with Crippen molar-refractivity contribution in [2.45, 2.75) is 60.3 Å². The number of unbranched alkanes of at least 4 members (excludes halogenated alkanes) is 2. The van der Waals surface area contributed by atoms with Crippen LogP contribution in [0.1, 0.15) is 60.3 Å². The first kappa shape index (κ1) is 23.3. The molecule has 5 nitrogen and oxygen atoms in total. The van der Waals surface area contributed by atoms with Crippen LogP contribution in [0.25, 0.3) is 0 Å². The first-order chi connectivity index (χ1) is 9.80. The third-order valence-electron chi connectivity index (χ3n) is 3.78. The van der Waals surface area contributed by atoms with Crippen LogP contribution in [0.4, 0.5) is 0 Å². The van der Waals surface area contributed by atoms with Gasteiger partial charge >= 0.3 is 0 Å². The Morgan fingerprint density at radius 2 is 1.19 bits per heavy atom. The molecule has 0 rings (SSSR count). The second-order valence-electron chi connectivity index (χ2n) is 5.39. The molecule has 6 heteroatoms. The van der Waals surface area contributed by atoms with Crippen LogP contribution in [0.3, 0.4) is 0 Å². The molecule has 0 unspecified atom stereocenters. The van der Waals surface area contributed by atoms with Gasteiger partial charge in [0.15, 0.2) is 0 Å². The van der Waals surface area contributed by atoms with Gasteiger partial charge in [0.25, 0.3) is 7.82 Å². The number of phosphoric acid groups is 1. The zero-order chi connectivity index (χ0) is 16.8. The van der Waals surface area contributed by atoms with Crippen molar-refractivity contribution >= 4 is 7.82 Å².